The van der Waals surface area contributed by atoms with Gasteiger partial charge in [-0.05, 0) is 12.0 Å². The Morgan fingerprint density at radius 3 is 2.39 bits per heavy atom. The van der Waals surface area contributed by atoms with Crippen molar-refractivity contribution in [1.29, 1.82) is 0 Å². The van der Waals surface area contributed by atoms with E-state index >= 15 is 0 Å². The highest BCUT2D eigenvalue weighted by Gasteiger charge is 2.16. The van der Waals surface area contributed by atoms with Crippen LogP contribution in [0.3, 0.4) is 0 Å². The van der Waals surface area contributed by atoms with E-state index in [9.17, 15) is 10.1 Å². The van der Waals surface area contributed by atoms with Crippen LogP contribution in [0.2, 0.25) is 0 Å². The van der Waals surface area contributed by atoms with Gasteiger partial charge < -0.3 is 0 Å². The van der Waals surface area contributed by atoms with Crippen LogP contribution < -0.4 is 0 Å². The van der Waals surface area contributed by atoms with E-state index in [0.717, 1.165) is 18.4 Å². The second-order valence-corrected chi connectivity index (χ2v) is 4.83. The van der Waals surface area contributed by atoms with E-state index in [1.165, 1.54) is 25.7 Å². The Hall–Kier alpha value is -1.38. The van der Waals surface area contributed by atoms with Gasteiger partial charge in [0, 0.05) is 10.8 Å². The summed E-state index contributed by atoms with van der Waals surface area (Å²) >= 11 is 0. The summed E-state index contributed by atoms with van der Waals surface area (Å²) in [4.78, 5) is 10.5. The lowest BCUT2D eigenvalue weighted by Gasteiger charge is -2.13. The first-order valence-corrected chi connectivity index (χ1v) is 6.90. The summed E-state index contributed by atoms with van der Waals surface area (Å²) in [5, 5.41) is 10.7. The molecule has 1 unspecified atom stereocenters. The Labute approximate surface area is 109 Å². The molecule has 1 rings (SSSR count). The molecule has 0 aliphatic heterocycles. The smallest absolute Gasteiger partial charge is 0.210 e. The first-order chi connectivity index (χ1) is 8.74. The summed E-state index contributed by atoms with van der Waals surface area (Å²) in [6.45, 7) is 2.25. The van der Waals surface area contributed by atoms with Crippen molar-refractivity contribution in [1.82, 2.24) is 0 Å². The molecule has 3 heteroatoms. The van der Waals surface area contributed by atoms with E-state index in [1.54, 1.807) is 0 Å². The molecular weight excluding hydrogens is 226 g/mol. The number of hydrogen-bond donors (Lipinski definition) is 0. The molecule has 0 bridgehead atoms. The summed E-state index contributed by atoms with van der Waals surface area (Å²) < 4.78 is 0. The third kappa shape index (κ3) is 5.80. The van der Waals surface area contributed by atoms with Crippen LogP contribution in [0.1, 0.15) is 56.9 Å². The Kier molecular flexibility index (Phi) is 7.07. The minimum Gasteiger partial charge on any atom is -0.265 e. The zero-order chi connectivity index (χ0) is 13.2. The van der Waals surface area contributed by atoms with Crippen LogP contribution in [-0.2, 0) is 0 Å². The average Bonchev–Trinajstić information content (AvgIpc) is 2.38. The van der Waals surface area contributed by atoms with Crippen molar-refractivity contribution < 1.29 is 4.92 Å². The van der Waals surface area contributed by atoms with E-state index < -0.39 is 0 Å². The fourth-order valence-corrected chi connectivity index (χ4v) is 2.26. The number of nitro groups is 1. The quantitative estimate of drug-likeness (QED) is 0.369. The van der Waals surface area contributed by atoms with Gasteiger partial charge in [-0.15, -0.1) is 0 Å². The monoisotopic (exact) mass is 249 g/mol. The van der Waals surface area contributed by atoms with Crippen molar-refractivity contribution in [2.45, 2.75) is 51.4 Å². The fourth-order valence-electron chi connectivity index (χ4n) is 2.26. The van der Waals surface area contributed by atoms with E-state index in [1.807, 2.05) is 30.3 Å². The molecule has 0 N–H and O–H groups in total. The number of rotatable bonds is 9. The molecule has 0 amide bonds. The third-order valence-electron chi connectivity index (χ3n) is 3.30. The van der Waals surface area contributed by atoms with E-state index in [-0.39, 0.29) is 17.4 Å². The van der Waals surface area contributed by atoms with Gasteiger partial charge in [0.25, 0.3) is 0 Å². The summed E-state index contributed by atoms with van der Waals surface area (Å²) in [7, 11) is 0. The first-order valence-electron chi connectivity index (χ1n) is 6.90. The molecular formula is C15H23NO2. The molecule has 0 saturated carbocycles. The molecule has 1 aromatic carbocycles. The lowest BCUT2D eigenvalue weighted by molar-refractivity contribution is -0.483. The van der Waals surface area contributed by atoms with Gasteiger partial charge in [0.1, 0.15) is 0 Å². The lowest BCUT2D eigenvalue weighted by atomic mass is 9.93. The summed E-state index contributed by atoms with van der Waals surface area (Å²) in [5.74, 6) is 0.0721. The Bertz CT molecular complexity index is 338. The molecule has 1 aromatic rings. The summed E-state index contributed by atoms with van der Waals surface area (Å²) in [5.41, 5.74) is 1.10. The molecule has 0 radical (unpaired) electrons. The molecule has 0 aliphatic rings. The Morgan fingerprint density at radius 2 is 1.78 bits per heavy atom. The number of nitrogens with zero attached hydrogens (tertiary/aromatic N) is 1. The van der Waals surface area contributed by atoms with Gasteiger partial charge in [-0.3, -0.25) is 10.1 Å². The third-order valence-corrected chi connectivity index (χ3v) is 3.30. The maximum Gasteiger partial charge on any atom is 0.210 e. The fraction of sp³-hybridized carbons (Fsp3) is 0.600. The van der Waals surface area contributed by atoms with Crippen molar-refractivity contribution in [2.24, 2.45) is 0 Å². The molecule has 3 nitrogen and oxygen atoms in total. The van der Waals surface area contributed by atoms with Crippen LogP contribution in [0.25, 0.3) is 0 Å². The number of unbranched alkanes of at least 4 members (excludes halogenated alkanes) is 4. The summed E-state index contributed by atoms with van der Waals surface area (Å²) in [6.07, 6.45) is 6.95. The highest BCUT2D eigenvalue weighted by molar-refractivity contribution is 5.19. The molecule has 0 heterocycles. The summed E-state index contributed by atoms with van der Waals surface area (Å²) in [6, 6.07) is 9.87. The van der Waals surface area contributed by atoms with Crippen molar-refractivity contribution >= 4 is 0 Å². The minimum atomic E-state index is -0.191. The molecule has 0 aliphatic carbocycles. The van der Waals surface area contributed by atoms with E-state index in [4.69, 9.17) is 0 Å². The predicted octanol–water partition coefficient (Wildman–Crippen LogP) is 4.41. The average molecular weight is 249 g/mol. The van der Waals surface area contributed by atoms with Crippen LogP contribution in [-0.4, -0.2) is 11.5 Å². The molecule has 18 heavy (non-hydrogen) atoms. The van der Waals surface area contributed by atoms with Crippen molar-refractivity contribution in [2.75, 3.05) is 6.54 Å². The number of hydrogen-bond acceptors (Lipinski definition) is 2. The van der Waals surface area contributed by atoms with Gasteiger partial charge >= 0.3 is 0 Å². The lowest BCUT2D eigenvalue weighted by Crippen LogP contribution is -2.12. The van der Waals surface area contributed by atoms with Crippen molar-refractivity contribution in [3.05, 3.63) is 46.0 Å². The van der Waals surface area contributed by atoms with Crippen LogP contribution in [0, 0.1) is 10.1 Å². The van der Waals surface area contributed by atoms with Gasteiger partial charge in [0.2, 0.25) is 6.54 Å². The Balaban J connectivity index is 2.44. The molecule has 0 spiro atoms. The highest BCUT2D eigenvalue weighted by Crippen LogP contribution is 2.22. The number of benzene rings is 1. The van der Waals surface area contributed by atoms with E-state index in [2.05, 4.69) is 6.92 Å². The molecule has 0 aromatic heterocycles. The van der Waals surface area contributed by atoms with Crippen LogP contribution in [0.4, 0.5) is 0 Å². The SMILES string of the molecule is CCCCCCCC(C[N+](=O)[O-])c1ccccc1. The highest BCUT2D eigenvalue weighted by atomic mass is 16.6. The van der Waals surface area contributed by atoms with Gasteiger partial charge in [-0.1, -0.05) is 69.4 Å². The van der Waals surface area contributed by atoms with Gasteiger partial charge in [0.05, 0.1) is 0 Å². The second-order valence-electron chi connectivity index (χ2n) is 4.83. The van der Waals surface area contributed by atoms with Gasteiger partial charge in [-0.2, -0.15) is 0 Å². The largest absolute Gasteiger partial charge is 0.265 e. The zero-order valence-corrected chi connectivity index (χ0v) is 11.2. The minimum absolute atomic E-state index is 0.0534. The molecule has 0 fully saturated rings. The maximum absolute atomic E-state index is 10.7. The van der Waals surface area contributed by atoms with Crippen LogP contribution in [0.5, 0.6) is 0 Å². The van der Waals surface area contributed by atoms with Gasteiger partial charge in [-0.25, -0.2) is 0 Å². The van der Waals surface area contributed by atoms with E-state index in [0.29, 0.717) is 0 Å². The maximum atomic E-state index is 10.7. The standard InChI is InChI=1S/C15H23NO2/c1-2-3-4-5-7-12-15(13-16(17)18)14-10-8-6-9-11-14/h6,8-11,15H,2-5,7,12-13H2,1H3. The topological polar surface area (TPSA) is 43.1 Å². The Morgan fingerprint density at radius 1 is 1.11 bits per heavy atom. The normalized spacial score (nSPS) is 12.3. The zero-order valence-electron chi connectivity index (χ0n) is 11.2. The van der Waals surface area contributed by atoms with Crippen LogP contribution >= 0.6 is 0 Å². The van der Waals surface area contributed by atoms with Gasteiger partial charge in [0.15, 0.2) is 0 Å². The molecule has 1 atom stereocenters. The molecule has 100 valence electrons. The van der Waals surface area contributed by atoms with Crippen molar-refractivity contribution in [3.8, 4) is 0 Å². The first kappa shape index (κ1) is 14.7. The van der Waals surface area contributed by atoms with Crippen LogP contribution in [0.15, 0.2) is 30.3 Å². The van der Waals surface area contributed by atoms with Crippen molar-refractivity contribution in [3.63, 3.8) is 0 Å². The predicted molar refractivity (Wildman–Crippen MR) is 74.4 cm³/mol. The molecule has 0 saturated heterocycles. The second kappa shape index (κ2) is 8.67.